The molecule has 0 fully saturated rings. The monoisotopic (exact) mass is 274 g/mol. The number of anilines is 1. The van der Waals surface area contributed by atoms with Crippen LogP contribution in [-0.4, -0.2) is 25.1 Å². The minimum Gasteiger partial charge on any atom is -0.493 e. The molecule has 108 valence electrons. The Kier molecular flexibility index (Phi) is 5.07. The van der Waals surface area contributed by atoms with Gasteiger partial charge in [0.25, 0.3) is 0 Å². The molecular weight excluding hydrogens is 252 g/mol. The third-order valence-corrected chi connectivity index (χ3v) is 3.22. The summed E-state index contributed by atoms with van der Waals surface area (Å²) in [5.74, 6) is 1.83. The van der Waals surface area contributed by atoms with Gasteiger partial charge in [0, 0.05) is 30.4 Å². The molecule has 1 aromatic carbocycles. The molecule has 4 heteroatoms. The normalized spacial score (nSPS) is 10.9. The molecule has 0 radical (unpaired) electrons. The Balaban J connectivity index is 1.67. The topological polar surface area (TPSA) is 51.6 Å². The van der Waals surface area contributed by atoms with Gasteiger partial charge in [0.1, 0.15) is 11.5 Å². The highest BCUT2D eigenvalue weighted by Gasteiger charge is 2.05. The summed E-state index contributed by atoms with van der Waals surface area (Å²) in [4.78, 5) is 2.26. The summed E-state index contributed by atoms with van der Waals surface area (Å²) in [6.07, 6.45) is 2.71. The van der Waals surface area contributed by atoms with Crippen molar-refractivity contribution < 1.29 is 9.15 Å². The molecule has 2 aromatic rings. The largest absolute Gasteiger partial charge is 0.493 e. The SMILES string of the molecule is Cc1occc1CN(C)CCCOc1cccc(N)c1. The van der Waals surface area contributed by atoms with Gasteiger partial charge < -0.3 is 19.8 Å². The van der Waals surface area contributed by atoms with E-state index in [0.29, 0.717) is 6.61 Å². The maximum atomic E-state index is 5.70. The zero-order valence-corrected chi connectivity index (χ0v) is 12.1. The summed E-state index contributed by atoms with van der Waals surface area (Å²) < 4.78 is 11.0. The minimum absolute atomic E-state index is 0.693. The molecule has 1 heterocycles. The second-order valence-corrected chi connectivity index (χ2v) is 5.01. The molecule has 2 N–H and O–H groups in total. The number of aryl methyl sites for hydroxylation is 1. The lowest BCUT2D eigenvalue weighted by Crippen LogP contribution is -2.20. The van der Waals surface area contributed by atoms with Crippen LogP contribution in [0.25, 0.3) is 0 Å². The van der Waals surface area contributed by atoms with Gasteiger partial charge in [-0.05, 0) is 38.6 Å². The van der Waals surface area contributed by atoms with Gasteiger partial charge in [0.15, 0.2) is 0 Å². The fourth-order valence-electron chi connectivity index (χ4n) is 2.07. The summed E-state index contributed by atoms with van der Waals surface area (Å²) in [6, 6.07) is 9.55. The molecule has 0 saturated carbocycles. The van der Waals surface area contributed by atoms with E-state index in [1.54, 1.807) is 6.26 Å². The van der Waals surface area contributed by atoms with Gasteiger partial charge in [0.2, 0.25) is 0 Å². The maximum absolute atomic E-state index is 5.70. The van der Waals surface area contributed by atoms with E-state index < -0.39 is 0 Å². The van der Waals surface area contributed by atoms with Crippen LogP contribution in [0.15, 0.2) is 41.0 Å². The van der Waals surface area contributed by atoms with Crippen molar-refractivity contribution in [3.63, 3.8) is 0 Å². The molecule has 0 saturated heterocycles. The van der Waals surface area contributed by atoms with Crippen molar-refractivity contribution in [1.29, 1.82) is 0 Å². The fourth-order valence-corrected chi connectivity index (χ4v) is 2.07. The van der Waals surface area contributed by atoms with Crippen LogP contribution in [0, 0.1) is 6.92 Å². The third kappa shape index (κ3) is 4.31. The predicted octanol–water partition coefficient (Wildman–Crippen LogP) is 3.07. The van der Waals surface area contributed by atoms with Gasteiger partial charge in [-0.15, -0.1) is 0 Å². The van der Waals surface area contributed by atoms with E-state index in [1.807, 2.05) is 37.3 Å². The molecule has 0 aliphatic rings. The standard InChI is InChI=1S/C16H22N2O2/c1-13-14(7-10-19-13)12-18(2)8-4-9-20-16-6-3-5-15(17)11-16/h3,5-7,10-11H,4,8-9,12,17H2,1-2H3. The summed E-state index contributed by atoms with van der Waals surface area (Å²) >= 11 is 0. The fraction of sp³-hybridized carbons (Fsp3) is 0.375. The first-order valence-corrected chi connectivity index (χ1v) is 6.85. The van der Waals surface area contributed by atoms with Gasteiger partial charge in [-0.3, -0.25) is 0 Å². The maximum Gasteiger partial charge on any atom is 0.121 e. The lowest BCUT2D eigenvalue weighted by atomic mass is 10.2. The molecule has 1 aromatic heterocycles. The van der Waals surface area contributed by atoms with Crippen LogP contribution >= 0.6 is 0 Å². The molecule has 0 aliphatic heterocycles. The Labute approximate surface area is 120 Å². The number of hydrogen-bond acceptors (Lipinski definition) is 4. The Morgan fingerprint density at radius 2 is 2.15 bits per heavy atom. The number of nitrogens with two attached hydrogens (primary N) is 1. The Morgan fingerprint density at radius 1 is 1.30 bits per heavy atom. The van der Waals surface area contributed by atoms with E-state index in [2.05, 4.69) is 11.9 Å². The van der Waals surface area contributed by atoms with Crippen molar-refractivity contribution in [3.05, 3.63) is 47.9 Å². The smallest absolute Gasteiger partial charge is 0.121 e. The number of furan rings is 1. The van der Waals surface area contributed by atoms with E-state index in [9.17, 15) is 0 Å². The molecule has 2 rings (SSSR count). The highest BCUT2D eigenvalue weighted by molar-refractivity contribution is 5.43. The van der Waals surface area contributed by atoms with Crippen molar-refractivity contribution in [2.24, 2.45) is 0 Å². The lowest BCUT2D eigenvalue weighted by Gasteiger charge is -2.16. The van der Waals surface area contributed by atoms with Crippen LogP contribution in [0.2, 0.25) is 0 Å². The summed E-state index contributed by atoms with van der Waals surface area (Å²) in [6.45, 7) is 4.57. The molecule has 0 atom stereocenters. The molecule has 0 amide bonds. The highest BCUT2D eigenvalue weighted by Crippen LogP contribution is 2.15. The van der Waals surface area contributed by atoms with Crippen molar-refractivity contribution >= 4 is 5.69 Å². The van der Waals surface area contributed by atoms with Gasteiger partial charge in [-0.2, -0.15) is 0 Å². The number of hydrogen-bond donors (Lipinski definition) is 1. The second-order valence-electron chi connectivity index (χ2n) is 5.01. The van der Waals surface area contributed by atoms with E-state index in [4.69, 9.17) is 14.9 Å². The van der Waals surface area contributed by atoms with Crippen molar-refractivity contribution in [1.82, 2.24) is 4.90 Å². The molecular formula is C16H22N2O2. The number of nitrogen functional groups attached to an aromatic ring is 1. The summed E-state index contributed by atoms with van der Waals surface area (Å²) in [5, 5.41) is 0. The van der Waals surface area contributed by atoms with Gasteiger partial charge in [-0.1, -0.05) is 6.07 Å². The first-order valence-electron chi connectivity index (χ1n) is 6.85. The number of nitrogens with zero attached hydrogens (tertiary/aromatic N) is 1. The Morgan fingerprint density at radius 3 is 2.85 bits per heavy atom. The first kappa shape index (κ1) is 14.5. The summed E-state index contributed by atoms with van der Waals surface area (Å²) in [7, 11) is 2.10. The van der Waals surface area contributed by atoms with E-state index in [1.165, 1.54) is 5.56 Å². The molecule has 20 heavy (non-hydrogen) atoms. The predicted molar refractivity (Wildman–Crippen MR) is 80.7 cm³/mol. The third-order valence-electron chi connectivity index (χ3n) is 3.22. The molecule has 0 aliphatic carbocycles. The zero-order valence-electron chi connectivity index (χ0n) is 12.1. The van der Waals surface area contributed by atoms with Crippen molar-refractivity contribution in [2.45, 2.75) is 19.9 Å². The molecule has 4 nitrogen and oxygen atoms in total. The average molecular weight is 274 g/mol. The number of rotatable bonds is 7. The highest BCUT2D eigenvalue weighted by atomic mass is 16.5. The molecule has 0 bridgehead atoms. The van der Waals surface area contributed by atoms with Crippen LogP contribution in [0.4, 0.5) is 5.69 Å². The summed E-state index contributed by atoms with van der Waals surface area (Å²) in [5.41, 5.74) is 7.68. The van der Waals surface area contributed by atoms with Gasteiger partial charge in [-0.25, -0.2) is 0 Å². The van der Waals surface area contributed by atoms with E-state index in [0.717, 1.165) is 36.7 Å². The van der Waals surface area contributed by atoms with Crippen LogP contribution in [0.5, 0.6) is 5.75 Å². The molecule has 0 spiro atoms. The van der Waals surface area contributed by atoms with Gasteiger partial charge in [0.05, 0.1) is 12.9 Å². The van der Waals surface area contributed by atoms with Crippen molar-refractivity contribution in [3.8, 4) is 5.75 Å². The Bertz CT molecular complexity index is 537. The zero-order chi connectivity index (χ0) is 14.4. The van der Waals surface area contributed by atoms with Gasteiger partial charge >= 0.3 is 0 Å². The second kappa shape index (κ2) is 7.01. The molecule has 0 unspecified atom stereocenters. The van der Waals surface area contributed by atoms with Crippen LogP contribution in [0.3, 0.4) is 0 Å². The van der Waals surface area contributed by atoms with E-state index >= 15 is 0 Å². The van der Waals surface area contributed by atoms with E-state index in [-0.39, 0.29) is 0 Å². The lowest BCUT2D eigenvalue weighted by molar-refractivity contribution is 0.258. The first-order chi connectivity index (χ1) is 9.65. The van der Waals surface area contributed by atoms with Crippen LogP contribution in [0.1, 0.15) is 17.7 Å². The van der Waals surface area contributed by atoms with Crippen molar-refractivity contribution in [2.75, 3.05) is 25.9 Å². The average Bonchev–Trinajstić information content (AvgIpc) is 2.80. The van der Waals surface area contributed by atoms with Crippen LogP contribution in [-0.2, 0) is 6.54 Å². The Hall–Kier alpha value is -1.94. The van der Waals surface area contributed by atoms with Crippen LogP contribution < -0.4 is 10.5 Å². The quantitative estimate of drug-likeness (QED) is 0.622. The number of benzene rings is 1. The number of ether oxygens (including phenoxy) is 1. The minimum atomic E-state index is 0.693.